The van der Waals surface area contributed by atoms with Crippen LogP contribution in [0.25, 0.3) is 0 Å². The van der Waals surface area contributed by atoms with E-state index >= 15 is 0 Å². The van der Waals surface area contributed by atoms with Crippen LogP contribution in [-0.2, 0) is 4.79 Å². The van der Waals surface area contributed by atoms with E-state index in [0.29, 0.717) is 29.1 Å². The van der Waals surface area contributed by atoms with Crippen molar-refractivity contribution < 1.29 is 28.1 Å². The molecule has 2 aromatic rings. The molecule has 186 valence electrons. The average Bonchev–Trinajstić information content (AvgIpc) is 2.90. The molecule has 0 saturated heterocycles. The van der Waals surface area contributed by atoms with Gasteiger partial charge >= 0.3 is 5.97 Å². The standard InChI is InChI=1S/C24H31FN2O5S2/c1-4-6-10-18-15-27(17-11-8-7-9-12-17)20-13-22(33-5-2)21(32-16-19(25)24(28)29)14-23(20)34(30,31)26(18)3/h7-9,11-14,16,18,30-31H,4-6,10,15H2,1-3H3,(H,28,29)/b19-16-. The van der Waals surface area contributed by atoms with Gasteiger partial charge < -0.3 is 14.7 Å². The number of halogens is 1. The molecule has 3 N–H and O–H groups in total. The minimum Gasteiger partial charge on any atom is -0.476 e. The Hall–Kier alpha value is -2.24. The number of hydrogen-bond donors (Lipinski definition) is 3. The third kappa shape index (κ3) is 5.69. The predicted molar refractivity (Wildman–Crippen MR) is 136 cm³/mol. The van der Waals surface area contributed by atoms with E-state index < -0.39 is 22.6 Å². The molecule has 0 fully saturated rings. The summed E-state index contributed by atoms with van der Waals surface area (Å²) >= 11 is 1.44. The first-order valence-electron chi connectivity index (χ1n) is 11.1. The lowest BCUT2D eigenvalue weighted by atomic mass is 10.1. The van der Waals surface area contributed by atoms with Gasteiger partial charge in [-0.3, -0.25) is 9.11 Å². The quantitative estimate of drug-likeness (QED) is 0.194. The van der Waals surface area contributed by atoms with E-state index in [1.54, 1.807) is 11.4 Å². The molecule has 1 atom stereocenters. The summed E-state index contributed by atoms with van der Waals surface area (Å²) in [7, 11) is -1.71. The first kappa shape index (κ1) is 26.4. The Morgan fingerprint density at radius 2 is 1.97 bits per heavy atom. The number of anilines is 2. The van der Waals surface area contributed by atoms with E-state index in [1.807, 2.05) is 43.3 Å². The summed E-state index contributed by atoms with van der Waals surface area (Å²) in [5.74, 6) is -2.34. The molecule has 1 unspecified atom stereocenters. The lowest BCUT2D eigenvalue weighted by molar-refractivity contribution is -0.134. The molecule has 0 saturated carbocycles. The van der Waals surface area contributed by atoms with Crippen LogP contribution in [0, 0.1) is 0 Å². The third-order valence-electron chi connectivity index (χ3n) is 5.67. The number of unbranched alkanes of at least 4 members (excludes halogenated alkanes) is 1. The Bertz CT molecular complexity index is 1040. The number of benzene rings is 2. The molecular weight excluding hydrogens is 479 g/mol. The van der Waals surface area contributed by atoms with Gasteiger partial charge in [0.1, 0.15) is 16.9 Å². The molecule has 0 radical (unpaired) electrons. The lowest BCUT2D eigenvalue weighted by Gasteiger charge is -2.43. The van der Waals surface area contributed by atoms with E-state index in [-0.39, 0.29) is 16.7 Å². The summed E-state index contributed by atoms with van der Waals surface area (Å²) in [5, 5.41) is 8.82. The number of carboxylic acid groups (broad SMARTS) is 1. The highest BCUT2D eigenvalue weighted by Gasteiger charge is 2.38. The molecule has 7 nitrogen and oxygen atoms in total. The minimum atomic E-state index is -3.42. The van der Waals surface area contributed by atoms with E-state index in [9.17, 15) is 18.3 Å². The number of hydrogen-bond acceptors (Lipinski definition) is 7. The zero-order chi connectivity index (χ0) is 24.9. The van der Waals surface area contributed by atoms with Crippen molar-refractivity contribution in [3.63, 3.8) is 0 Å². The van der Waals surface area contributed by atoms with E-state index in [2.05, 4.69) is 11.8 Å². The van der Waals surface area contributed by atoms with Crippen molar-refractivity contribution in [3.05, 3.63) is 54.6 Å². The van der Waals surface area contributed by atoms with Crippen molar-refractivity contribution in [3.8, 4) is 5.75 Å². The normalized spacial score (nSPS) is 19.3. The molecular formula is C24H31FN2O5S2. The highest BCUT2D eigenvalue weighted by atomic mass is 32.3. The van der Waals surface area contributed by atoms with Gasteiger partial charge in [0.2, 0.25) is 5.83 Å². The number of fused-ring (bicyclic) bond motifs is 1. The molecule has 1 aliphatic heterocycles. The largest absolute Gasteiger partial charge is 0.476 e. The van der Waals surface area contributed by atoms with E-state index in [0.717, 1.165) is 24.9 Å². The van der Waals surface area contributed by atoms with Crippen molar-refractivity contribution >= 4 is 39.9 Å². The van der Waals surface area contributed by atoms with Crippen molar-refractivity contribution in [2.75, 3.05) is 24.2 Å². The molecule has 3 rings (SSSR count). The maximum absolute atomic E-state index is 13.6. The summed E-state index contributed by atoms with van der Waals surface area (Å²) < 4.78 is 43.5. The van der Waals surface area contributed by atoms with E-state index in [1.165, 1.54) is 17.8 Å². The van der Waals surface area contributed by atoms with Crippen LogP contribution < -0.4 is 9.64 Å². The maximum atomic E-state index is 13.6. The lowest BCUT2D eigenvalue weighted by Crippen LogP contribution is -2.39. The second-order valence-electron chi connectivity index (χ2n) is 7.90. The van der Waals surface area contributed by atoms with Gasteiger partial charge in [-0.1, -0.05) is 44.9 Å². The molecule has 0 aliphatic carbocycles. The highest BCUT2D eigenvalue weighted by Crippen LogP contribution is 2.60. The summed E-state index contributed by atoms with van der Waals surface area (Å²) in [5.41, 5.74) is 1.54. The van der Waals surface area contributed by atoms with Gasteiger partial charge in [-0.15, -0.1) is 22.5 Å². The topological polar surface area (TPSA) is 93.5 Å². The van der Waals surface area contributed by atoms with Crippen LogP contribution in [0.1, 0.15) is 33.1 Å². The van der Waals surface area contributed by atoms with Crippen LogP contribution in [0.2, 0.25) is 0 Å². The van der Waals surface area contributed by atoms with Crippen LogP contribution in [-0.4, -0.2) is 49.9 Å². The number of ether oxygens (including phenoxy) is 1. The summed E-state index contributed by atoms with van der Waals surface area (Å²) in [6.07, 6.45) is 3.23. The molecule has 34 heavy (non-hydrogen) atoms. The molecule has 1 heterocycles. The Labute approximate surface area is 205 Å². The number of likely N-dealkylation sites (N-methyl/N-ethyl adjacent to an activating group) is 1. The van der Waals surface area contributed by atoms with Crippen molar-refractivity contribution in [1.82, 2.24) is 4.31 Å². The van der Waals surface area contributed by atoms with E-state index in [4.69, 9.17) is 9.84 Å². The van der Waals surface area contributed by atoms with Crippen molar-refractivity contribution in [2.24, 2.45) is 0 Å². The van der Waals surface area contributed by atoms with Gasteiger partial charge in [-0.2, -0.15) is 4.39 Å². The number of para-hydroxylation sites is 1. The van der Waals surface area contributed by atoms with Crippen LogP contribution in [0.3, 0.4) is 0 Å². The second kappa shape index (κ2) is 11.5. The number of carboxylic acids is 1. The number of thioether (sulfide) groups is 1. The number of nitrogens with zero attached hydrogens (tertiary/aromatic N) is 2. The maximum Gasteiger partial charge on any atom is 0.368 e. The van der Waals surface area contributed by atoms with Gasteiger partial charge in [-0.05, 0) is 30.4 Å². The van der Waals surface area contributed by atoms with Gasteiger partial charge in [0.05, 0.1) is 10.6 Å². The van der Waals surface area contributed by atoms with Gasteiger partial charge in [-0.25, -0.2) is 9.10 Å². The molecule has 0 aromatic heterocycles. The monoisotopic (exact) mass is 510 g/mol. The summed E-state index contributed by atoms with van der Waals surface area (Å²) in [6.45, 7) is 4.60. The number of rotatable bonds is 9. The van der Waals surface area contributed by atoms with Crippen molar-refractivity contribution in [1.29, 1.82) is 0 Å². The third-order valence-corrected chi connectivity index (χ3v) is 8.61. The summed E-state index contributed by atoms with van der Waals surface area (Å²) in [6, 6.07) is 12.9. The SMILES string of the molecule is CCCCC1CN(c2ccccc2)c2cc(SCC)c(O/C=C(\F)C(=O)O)cc2S(O)(O)N1C. The van der Waals surface area contributed by atoms with Crippen LogP contribution in [0.5, 0.6) is 5.75 Å². The molecule has 0 amide bonds. The first-order valence-corrected chi connectivity index (χ1v) is 13.6. The van der Waals surface area contributed by atoms with Gasteiger partial charge in [0.15, 0.2) is 0 Å². The van der Waals surface area contributed by atoms with Crippen molar-refractivity contribution in [2.45, 2.75) is 48.9 Å². The predicted octanol–water partition coefficient (Wildman–Crippen LogP) is 6.74. The smallest absolute Gasteiger partial charge is 0.368 e. The Kier molecular flexibility index (Phi) is 8.89. The molecule has 2 aromatic carbocycles. The molecule has 0 spiro atoms. The fourth-order valence-electron chi connectivity index (χ4n) is 3.84. The highest BCUT2D eigenvalue weighted by molar-refractivity contribution is 8.22. The van der Waals surface area contributed by atoms with Crippen LogP contribution >= 0.6 is 22.5 Å². The number of aliphatic carboxylic acids is 1. The Morgan fingerprint density at radius 1 is 1.26 bits per heavy atom. The molecule has 1 aliphatic rings. The zero-order valence-electron chi connectivity index (χ0n) is 19.5. The second-order valence-corrected chi connectivity index (χ2v) is 11.3. The minimum absolute atomic E-state index is 0.131. The fourth-order valence-corrected chi connectivity index (χ4v) is 6.21. The van der Waals surface area contributed by atoms with Crippen LogP contribution in [0.4, 0.5) is 15.8 Å². The van der Waals surface area contributed by atoms with Gasteiger partial charge in [0.25, 0.3) is 0 Å². The van der Waals surface area contributed by atoms with Gasteiger partial charge in [0, 0.05) is 31.4 Å². The number of carbonyl (C=O) groups is 1. The average molecular weight is 511 g/mol. The Balaban J connectivity index is 2.21. The van der Waals surface area contributed by atoms with Crippen LogP contribution in [0.15, 0.2) is 64.3 Å². The first-order chi connectivity index (χ1) is 16.2. The fraction of sp³-hybridized carbons (Fsp3) is 0.375. The Morgan fingerprint density at radius 3 is 2.59 bits per heavy atom. The molecule has 10 heteroatoms. The molecule has 0 bridgehead atoms. The summed E-state index contributed by atoms with van der Waals surface area (Å²) in [4.78, 5) is 13.8. The zero-order valence-corrected chi connectivity index (χ0v) is 21.1.